The van der Waals surface area contributed by atoms with E-state index in [-0.39, 0.29) is 23.8 Å². The Hall–Kier alpha value is -2.24. The number of rotatable bonds is 5. The summed E-state index contributed by atoms with van der Waals surface area (Å²) < 4.78 is 4.63. The van der Waals surface area contributed by atoms with Gasteiger partial charge in [0, 0.05) is 17.2 Å². The number of benzene rings is 1. The third kappa shape index (κ3) is 3.26. The summed E-state index contributed by atoms with van der Waals surface area (Å²) in [6.45, 7) is 1.68. The second-order valence-electron chi connectivity index (χ2n) is 5.06. The lowest BCUT2D eigenvalue weighted by Crippen LogP contribution is -2.18. The third-order valence-electron chi connectivity index (χ3n) is 3.75. The van der Waals surface area contributed by atoms with Crippen molar-refractivity contribution in [2.24, 2.45) is 0 Å². The Balaban J connectivity index is 2.34. The molecule has 21 heavy (non-hydrogen) atoms. The first-order valence-electron chi connectivity index (χ1n) is 7.04. The van der Waals surface area contributed by atoms with Gasteiger partial charge < -0.3 is 4.74 Å². The molecule has 1 aromatic rings. The highest BCUT2D eigenvalue weighted by molar-refractivity contribution is 6.40. The maximum atomic E-state index is 11.8. The van der Waals surface area contributed by atoms with Gasteiger partial charge in [-0.15, -0.1) is 0 Å². The summed E-state index contributed by atoms with van der Waals surface area (Å²) in [5, 5.41) is 11.2. The number of carbonyl (C=O) groups excluding carboxylic acids is 2. The summed E-state index contributed by atoms with van der Waals surface area (Å²) >= 11 is 0. The molecular weight excluding hydrogens is 274 g/mol. The standard InChI is InChI=1S/C15H17NO5/c1-2-21-15(18)14(17)11-7-8-12(10-5-3-4-6-10)13(9-11)16(19)20/h7-10H,2-6H2,1H3. The van der Waals surface area contributed by atoms with Crippen LogP contribution in [0.25, 0.3) is 0 Å². The summed E-state index contributed by atoms with van der Waals surface area (Å²) in [5.74, 6) is -1.67. The fraction of sp³-hybridized carbons (Fsp3) is 0.467. The number of ketones is 1. The maximum absolute atomic E-state index is 11.8. The Morgan fingerprint density at radius 3 is 2.57 bits per heavy atom. The first-order valence-corrected chi connectivity index (χ1v) is 7.04. The van der Waals surface area contributed by atoms with Crippen LogP contribution in [0.2, 0.25) is 0 Å². The number of nitro benzene ring substituents is 1. The van der Waals surface area contributed by atoms with Gasteiger partial charge in [0.15, 0.2) is 0 Å². The molecule has 1 aliphatic carbocycles. The Morgan fingerprint density at radius 2 is 2.00 bits per heavy atom. The van der Waals surface area contributed by atoms with E-state index in [2.05, 4.69) is 4.74 Å². The molecule has 0 spiro atoms. The normalized spacial score (nSPS) is 14.9. The van der Waals surface area contributed by atoms with Gasteiger partial charge in [-0.05, 0) is 31.7 Å². The highest BCUT2D eigenvalue weighted by Gasteiger charge is 2.27. The van der Waals surface area contributed by atoms with Gasteiger partial charge in [-0.2, -0.15) is 0 Å². The molecule has 0 atom stereocenters. The van der Waals surface area contributed by atoms with Crippen molar-refractivity contribution in [3.8, 4) is 0 Å². The third-order valence-corrected chi connectivity index (χ3v) is 3.75. The van der Waals surface area contributed by atoms with Crippen molar-refractivity contribution < 1.29 is 19.2 Å². The van der Waals surface area contributed by atoms with Crippen molar-refractivity contribution in [2.45, 2.75) is 38.5 Å². The number of esters is 1. The van der Waals surface area contributed by atoms with Gasteiger partial charge >= 0.3 is 5.97 Å². The van der Waals surface area contributed by atoms with Crippen LogP contribution in [0, 0.1) is 10.1 Å². The molecule has 0 bridgehead atoms. The Bertz CT molecular complexity index is 575. The van der Waals surface area contributed by atoms with Crippen molar-refractivity contribution in [3.05, 3.63) is 39.4 Å². The van der Waals surface area contributed by atoms with E-state index in [1.165, 1.54) is 12.1 Å². The number of ether oxygens (including phenoxy) is 1. The molecule has 6 heteroatoms. The maximum Gasteiger partial charge on any atom is 0.379 e. The largest absolute Gasteiger partial charge is 0.460 e. The molecule has 1 aliphatic rings. The van der Waals surface area contributed by atoms with Crippen molar-refractivity contribution >= 4 is 17.4 Å². The number of hydrogen-bond acceptors (Lipinski definition) is 5. The predicted octanol–water partition coefficient (Wildman–Crippen LogP) is 3.00. The molecule has 0 amide bonds. The highest BCUT2D eigenvalue weighted by Crippen LogP contribution is 2.38. The average molecular weight is 291 g/mol. The fourth-order valence-electron chi connectivity index (χ4n) is 2.74. The SMILES string of the molecule is CCOC(=O)C(=O)c1ccc(C2CCCC2)c([N+](=O)[O-])c1. The highest BCUT2D eigenvalue weighted by atomic mass is 16.6. The van der Waals surface area contributed by atoms with E-state index in [1.54, 1.807) is 13.0 Å². The number of nitrogens with zero attached hydrogens (tertiary/aromatic N) is 1. The van der Waals surface area contributed by atoms with Crippen LogP contribution in [0.15, 0.2) is 18.2 Å². The molecule has 1 fully saturated rings. The van der Waals surface area contributed by atoms with Crippen LogP contribution in [0.1, 0.15) is 54.4 Å². The Morgan fingerprint density at radius 1 is 1.33 bits per heavy atom. The van der Waals surface area contributed by atoms with Gasteiger partial charge in [0.2, 0.25) is 0 Å². The predicted molar refractivity (Wildman–Crippen MR) is 75.3 cm³/mol. The van der Waals surface area contributed by atoms with E-state index in [0.717, 1.165) is 25.7 Å². The molecular formula is C15H17NO5. The van der Waals surface area contributed by atoms with Crippen LogP contribution < -0.4 is 0 Å². The van der Waals surface area contributed by atoms with Crippen molar-refractivity contribution in [1.29, 1.82) is 0 Å². The first kappa shape index (κ1) is 15.2. The lowest BCUT2D eigenvalue weighted by molar-refractivity contribution is -0.385. The molecule has 112 valence electrons. The van der Waals surface area contributed by atoms with Crippen LogP contribution in [-0.4, -0.2) is 23.3 Å². The second-order valence-corrected chi connectivity index (χ2v) is 5.06. The molecule has 0 saturated heterocycles. The molecule has 0 aliphatic heterocycles. The summed E-state index contributed by atoms with van der Waals surface area (Å²) in [4.78, 5) is 34.0. The van der Waals surface area contributed by atoms with E-state index in [4.69, 9.17) is 0 Å². The minimum absolute atomic E-state index is 0.00176. The van der Waals surface area contributed by atoms with Gasteiger partial charge in [0.05, 0.1) is 11.5 Å². The van der Waals surface area contributed by atoms with E-state index >= 15 is 0 Å². The molecule has 1 saturated carbocycles. The monoisotopic (exact) mass is 291 g/mol. The van der Waals surface area contributed by atoms with Gasteiger partial charge in [0.25, 0.3) is 11.5 Å². The van der Waals surface area contributed by atoms with Crippen molar-refractivity contribution in [2.75, 3.05) is 6.61 Å². The van der Waals surface area contributed by atoms with E-state index < -0.39 is 16.7 Å². The summed E-state index contributed by atoms with van der Waals surface area (Å²) in [6, 6.07) is 4.26. The molecule has 1 aromatic carbocycles. The molecule has 0 heterocycles. The van der Waals surface area contributed by atoms with E-state index in [0.29, 0.717) is 5.56 Å². The smallest absolute Gasteiger partial charge is 0.379 e. The van der Waals surface area contributed by atoms with Gasteiger partial charge in [-0.1, -0.05) is 18.9 Å². The number of carbonyl (C=O) groups is 2. The van der Waals surface area contributed by atoms with E-state index in [9.17, 15) is 19.7 Å². The van der Waals surface area contributed by atoms with Crippen LogP contribution >= 0.6 is 0 Å². The Labute approximate surface area is 122 Å². The molecule has 0 unspecified atom stereocenters. The Kier molecular flexibility index (Phi) is 4.67. The number of nitro groups is 1. The fourth-order valence-corrected chi connectivity index (χ4v) is 2.74. The second kappa shape index (κ2) is 6.47. The number of Topliss-reactive ketones (excluding diaryl/α,β-unsaturated/α-hetero) is 1. The summed E-state index contributed by atoms with van der Waals surface area (Å²) in [7, 11) is 0. The topological polar surface area (TPSA) is 86.5 Å². The summed E-state index contributed by atoms with van der Waals surface area (Å²) in [6.07, 6.45) is 3.97. The zero-order valence-corrected chi connectivity index (χ0v) is 11.8. The van der Waals surface area contributed by atoms with Gasteiger partial charge in [-0.3, -0.25) is 14.9 Å². The van der Waals surface area contributed by atoms with Crippen molar-refractivity contribution in [1.82, 2.24) is 0 Å². The van der Waals surface area contributed by atoms with Crippen LogP contribution in [0.5, 0.6) is 0 Å². The minimum Gasteiger partial charge on any atom is -0.460 e. The van der Waals surface area contributed by atoms with Gasteiger partial charge in [-0.25, -0.2) is 4.79 Å². The average Bonchev–Trinajstić information content (AvgIpc) is 3.00. The summed E-state index contributed by atoms with van der Waals surface area (Å²) in [5.41, 5.74) is 0.567. The van der Waals surface area contributed by atoms with Crippen LogP contribution in [-0.2, 0) is 9.53 Å². The zero-order valence-electron chi connectivity index (χ0n) is 11.8. The number of hydrogen-bond donors (Lipinski definition) is 0. The van der Waals surface area contributed by atoms with Crippen molar-refractivity contribution in [3.63, 3.8) is 0 Å². The van der Waals surface area contributed by atoms with E-state index in [1.807, 2.05) is 0 Å². The molecule has 0 aromatic heterocycles. The lowest BCUT2D eigenvalue weighted by atomic mass is 9.94. The molecule has 2 rings (SSSR count). The molecule has 0 N–H and O–H groups in total. The zero-order chi connectivity index (χ0) is 15.4. The minimum atomic E-state index is -0.986. The quantitative estimate of drug-likeness (QED) is 0.273. The van der Waals surface area contributed by atoms with Crippen LogP contribution in [0.3, 0.4) is 0 Å². The lowest BCUT2D eigenvalue weighted by Gasteiger charge is -2.11. The van der Waals surface area contributed by atoms with Crippen LogP contribution in [0.4, 0.5) is 5.69 Å². The van der Waals surface area contributed by atoms with Gasteiger partial charge in [0.1, 0.15) is 0 Å². The first-order chi connectivity index (χ1) is 10.0. The molecule has 6 nitrogen and oxygen atoms in total. The molecule has 0 radical (unpaired) electrons.